The quantitative estimate of drug-likeness (QED) is 0.231. The fourth-order valence-corrected chi connectivity index (χ4v) is 3.59. The maximum absolute atomic E-state index is 12.3. The Balaban J connectivity index is 1.35. The Bertz CT molecular complexity index is 1270. The first-order valence-electron chi connectivity index (χ1n) is 9.54. The molecule has 3 aromatic carbocycles. The van der Waals surface area contributed by atoms with E-state index in [1.807, 2.05) is 35.7 Å². The summed E-state index contributed by atoms with van der Waals surface area (Å²) in [6.07, 6.45) is 1.35. The molecule has 1 aromatic heterocycles. The molecule has 0 saturated carbocycles. The normalized spacial score (nSPS) is 10.8. The van der Waals surface area contributed by atoms with Crippen molar-refractivity contribution in [3.8, 4) is 11.3 Å². The minimum atomic E-state index is -0.486. The second kappa shape index (κ2) is 9.63. The predicted octanol–water partition coefficient (Wildman–Crippen LogP) is 5.23. The predicted molar refractivity (Wildman–Crippen MR) is 125 cm³/mol. The molecule has 0 aliphatic rings. The molecule has 8 nitrogen and oxygen atoms in total. The first-order chi connectivity index (χ1) is 15.6. The molecule has 0 fully saturated rings. The lowest BCUT2D eigenvalue weighted by molar-refractivity contribution is -0.384. The van der Waals surface area contributed by atoms with Crippen LogP contribution < -0.4 is 10.7 Å². The molecule has 0 unspecified atom stereocenters. The average molecular weight is 443 g/mol. The number of carbonyl (C=O) groups excluding carboxylic acids is 1. The van der Waals surface area contributed by atoms with Gasteiger partial charge in [0.2, 0.25) is 0 Å². The lowest BCUT2D eigenvalue weighted by Crippen LogP contribution is -2.17. The zero-order valence-corrected chi connectivity index (χ0v) is 17.5. The molecular weight excluding hydrogens is 426 g/mol. The van der Waals surface area contributed by atoms with E-state index in [0.29, 0.717) is 11.1 Å². The molecule has 0 spiro atoms. The van der Waals surface area contributed by atoms with E-state index in [-0.39, 0.29) is 11.6 Å². The zero-order chi connectivity index (χ0) is 22.3. The molecule has 0 bridgehead atoms. The molecule has 0 aliphatic carbocycles. The van der Waals surface area contributed by atoms with Crippen LogP contribution in [0.3, 0.4) is 0 Å². The van der Waals surface area contributed by atoms with Crippen LogP contribution in [0, 0.1) is 10.1 Å². The van der Waals surface area contributed by atoms with E-state index in [1.54, 1.807) is 36.4 Å². The van der Waals surface area contributed by atoms with Gasteiger partial charge in [-0.3, -0.25) is 14.9 Å². The number of hydrazone groups is 1. The number of non-ortho nitro benzene ring substituents is 1. The third-order valence-electron chi connectivity index (χ3n) is 4.43. The highest BCUT2D eigenvalue weighted by Crippen LogP contribution is 2.27. The van der Waals surface area contributed by atoms with Crippen molar-refractivity contribution < 1.29 is 9.72 Å². The lowest BCUT2D eigenvalue weighted by atomic mass is 10.2. The van der Waals surface area contributed by atoms with Crippen molar-refractivity contribution in [2.75, 3.05) is 5.32 Å². The summed E-state index contributed by atoms with van der Waals surface area (Å²) in [5.41, 5.74) is 6.06. The maximum Gasteiger partial charge on any atom is 0.271 e. The number of amides is 1. The Labute approximate surface area is 187 Å². The fourth-order valence-electron chi connectivity index (χ4n) is 2.85. The maximum atomic E-state index is 12.3. The van der Waals surface area contributed by atoms with E-state index in [0.717, 1.165) is 22.1 Å². The van der Waals surface area contributed by atoms with Gasteiger partial charge in [0.1, 0.15) is 0 Å². The molecule has 1 amide bonds. The van der Waals surface area contributed by atoms with Gasteiger partial charge in [0.05, 0.1) is 16.8 Å². The van der Waals surface area contributed by atoms with Gasteiger partial charge >= 0.3 is 0 Å². The molecule has 158 valence electrons. The summed E-state index contributed by atoms with van der Waals surface area (Å²) in [6.45, 7) is 0. The molecule has 4 rings (SSSR count). The van der Waals surface area contributed by atoms with Crippen molar-refractivity contribution in [1.82, 2.24) is 10.4 Å². The van der Waals surface area contributed by atoms with Crippen LogP contribution in [0.25, 0.3) is 11.3 Å². The van der Waals surface area contributed by atoms with Crippen molar-refractivity contribution >= 4 is 40.0 Å². The SMILES string of the molecule is O=C(NN=Cc1cccc([N+](=O)[O-])c1)c1ccc(Nc2nc(-c3ccccc3)cs2)cc1. The summed E-state index contributed by atoms with van der Waals surface area (Å²) >= 11 is 1.50. The average Bonchev–Trinajstić information content (AvgIpc) is 3.29. The molecule has 32 heavy (non-hydrogen) atoms. The second-order valence-electron chi connectivity index (χ2n) is 6.66. The first kappa shape index (κ1) is 20.9. The number of anilines is 2. The van der Waals surface area contributed by atoms with E-state index in [9.17, 15) is 14.9 Å². The Morgan fingerprint density at radius 3 is 2.56 bits per heavy atom. The molecule has 1 heterocycles. The Morgan fingerprint density at radius 1 is 1.03 bits per heavy atom. The summed E-state index contributed by atoms with van der Waals surface area (Å²) in [5, 5.41) is 20.6. The largest absolute Gasteiger partial charge is 0.332 e. The van der Waals surface area contributed by atoms with Gasteiger partial charge in [-0.2, -0.15) is 5.10 Å². The van der Waals surface area contributed by atoms with Crippen LogP contribution in [0.5, 0.6) is 0 Å². The van der Waals surface area contributed by atoms with Crippen molar-refractivity contribution in [1.29, 1.82) is 0 Å². The van der Waals surface area contributed by atoms with Crippen molar-refractivity contribution in [3.05, 3.63) is 105 Å². The lowest BCUT2D eigenvalue weighted by Gasteiger charge is -2.04. The van der Waals surface area contributed by atoms with Crippen LogP contribution in [0.2, 0.25) is 0 Å². The molecule has 2 N–H and O–H groups in total. The summed E-state index contributed by atoms with van der Waals surface area (Å²) in [7, 11) is 0. The topological polar surface area (TPSA) is 110 Å². The summed E-state index contributed by atoms with van der Waals surface area (Å²) in [5.74, 6) is -0.390. The number of thiazole rings is 1. The van der Waals surface area contributed by atoms with Crippen LogP contribution in [-0.2, 0) is 0 Å². The molecule has 9 heteroatoms. The number of hydrogen-bond donors (Lipinski definition) is 2. The number of nitro benzene ring substituents is 1. The van der Waals surface area contributed by atoms with Crippen molar-refractivity contribution in [2.24, 2.45) is 5.10 Å². The molecular formula is C23H17N5O3S. The van der Waals surface area contributed by atoms with Gasteiger partial charge in [-0.1, -0.05) is 42.5 Å². The monoisotopic (exact) mass is 443 g/mol. The van der Waals surface area contributed by atoms with Gasteiger partial charge in [-0.25, -0.2) is 10.4 Å². The smallest absolute Gasteiger partial charge is 0.271 e. The number of hydrogen-bond acceptors (Lipinski definition) is 7. The van der Waals surface area contributed by atoms with Crippen molar-refractivity contribution in [2.45, 2.75) is 0 Å². The van der Waals surface area contributed by atoms with E-state index in [1.165, 1.54) is 29.7 Å². The molecule has 0 saturated heterocycles. The number of carbonyl (C=O) groups is 1. The number of nitrogens with zero attached hydrogens (tertiary/aromatic N) is 3. The third kappa shape index (κ3) is 5.21. The third-order valence-corrected chi connectivity index (χ3v) is 5.19. The number of nitrogens with one attached hydrogen (secondary N) is 2. The molecule has 0 aliphatic heterocycles. The standard InChI is InChI=1S/C23H17N5O3S/c29-22(27-24-14-16-5-4-8-20(13-16)28(30)31)18-9-11-19(12-10-18)25-23-26-21(15-32-23)17-6-2-1-3-7-17/h1-15H,(H,25,26)(H,27,29). The van der Waals surface area contributed by atoms with Crippen LogP contribution in [-0.4, -0.2) is 22.0 Å². The molecule has 4 aromatic rings. The van der Waals surface area contributed by atoms with E-state index >= 15 is 0 Å². The van der Waals surface area contributed by atoms with E-state index in [4.69, 9.17) is 0 Å². The van der Waals surface area contributed by atoms with E-state index in [2.05, 4.69) is 20.8 Å². The van der Waals surface area contributed by atoms with Crippen molar-refractivity contribution in [3.63, 3.8) is 0 Å². The highest BCUT2D eigenvalue weighted by molar-refractivity contribution is 7.14. The Kier molecular flexibility index (Phi) is 6.28. The zero-order valence-electron chi connectivity index (χ0n) is 16.6. The van der Waals surface area contributed by atoms with Gasteiger partial charge in [0, 0.05) is 39.9 Å². The van der Waals surface area contributed by atoms with Gasteiger partial charge in [0.15, 0.2) is 5.13 Å². The number of rotatable bonds is 7. The minimum Gasteiger partial charge on any atom is -0.332 e. The van der Waals surface area contributed by atoms with Gasteiger partial charge in [-0.05, 0) is 24.3 Å². The number of nitro groups is 1. The highest BCUT2D eigenvalue weighted by atomic mass is 32.1. The van der Waals surface area contributed by atoms with Crippen LogP contribution in [0.1, 0.15) is 15.9 Å². The summed E-state index contributed by atoms with van der Waals surface area (Å²) in [4.78, 5) is 27.2. The van der Waals surface area contributed by atoms with E-state index < -0.39 is 4.92 Å². The number of benzene rings is 3. The first-order valence-corrected chi connectivity index (χ1v) is 10.4. The minimum absolute atomic E-state index is 0.0421. The fraction of sp³-hybridized carbons (Fsp3) is 0. The summed E-state index contributed by atoms with van der Waals surface area (Å²) in [6, 6.07) is 22.8. The number of aromatic nitrogens is 1. The highest BCUT2D eigenvalue weighted by Gasteiger charge is 2.07. The van der Waals surface area contributed by atoms with Gasteiger partial charge in [-0.15, -0.1) is 11.3 Å². The second-order valence-corrected chi connectivity index (χ2v) is 7.52. The Hall–Kier alpha value is -4.37. The van der Waals surface area contributed by atoms with Crippen LogP contribution >= 0.6 is 11.3 Å². The molecule has 0 radical (unpaired) electrons. The molecule has 0 atom stereocenters. The summed E-state index contributed by atoms with van der Waals surface area (Å²) < 4.78 is 0. The Morgan fingerprint density at radius 2 is 1.81 bits per heavy atom. The van der Waals surface area contributed by atoms with Crippen LogP contribution in [0.15, 0.2) is 89.3 Å². The van der Waals surface area contributed by atoms with Gasteiger partial charge in [0.25, 0.3) is 11.6 Å². The van der Waals surface area contributed by atoms with Gasteiger partial charge < -0.3 is 5.32 Å². The van der Waals surface area contributed by atoms with Crippen LogP contribution in [0.4, 0.5) is 16.5 Å².